The highest BCUT2D eigenvalue weighted by molar-refractivity contribution is 7.09. The fourth-order valence-electron chi connectivity index (χ4n) is 2.02. The summed E-state index contributed by atoms with van der Waals surface area (Å²) in [5.74, 6) is 5.64. The van der Waals surface area contributed by atoms with Crippen molar-refractivity contribution in [2.45, 2.75) is 32.7 Å². The third kappa shape index (κ3) is 3.63. The average molecular weight is 261 g/mol. The normalized spacial score (nSPS) is 12.6. The Kier molecular flexibility index (Phi) is 4.47. The predicted octanol–water partition coefficient (Wildman–Crippen LogP) is 2.38. The number of hydrogen-bond donors (Lipinski definition) is 2. The van der Waals surface area contributed by atoms with Gasteiger partial charge < -0.3 is 0 Å². The molecular weight excluding hydrogens is 242 g/mol. The first-order valence-corrected chi connectivity index (χ1v) is 6.98. The second-order valence-corrected chi connectivity index (χ2v) is 5.59. The fraction of sp³-hybridized carbons (Fsp3) is 0.357. The first-order valence-electron chi connectivity index (χ1n) is 6.10. The van der Waals surface area contributed by atoms with Gasteiger partial charge >= 0.3 is 0 Å². The van der Waals surface area contributed by atoms with Crippen LogP contribution in [0.1, 0.15) is 21.8 Å². The lowest BCUT2D eigenvalue weighted by molar-refractivity contribution is 0.521. The van der Waals surface area contributed by atoms with Gasteiger partial charge in [-0.15, -0.1) is 11.3 Å². The average Bonchev–Trinajstić information content (AvgIpc) is 2.74. The summed E-state index contributed by atoms with van der Waals surface area (Å²) >= 11 is 1.70. The van der Waals surface area contributed by atoms with Gasteiger partial charge in [-0.25, -0.2) is 4.98 Å². The van der Waals surface area contributed by atoms with E-state index in [0.29, 0.717) is 0 Å². The molecule has 1 aromatic carbocycles. The van der Waals surface area contributed by atoms with E-state index >= 15 is 0 Å². The van der Waals surface area contributed by atoms with E-state index in [1.807, 2.05) is 6.92 Å². The summed E-state index contributed by atoms with van der Waals surface area (Å²) in [6.07, 6.45) is 1.81. The van der Waals surface area contributed by atoms with Gasteiger partial charge in [0.1, 0.15) is 0 Å². The summed E-state index contributed by atoms with van der Waals surface area (Å²) in [5, 5.41) is 3.22. The van der Waals surface area contributed by atoms with Crippen LogP contribution in [0.25, 0.3) is 0 Å². The first-order chi connectivity index (χ1) is 8.67. The lowest BCUT2D eigenvalue weighted by Gasteiger charge is -2.14. The number of nitrogens with two attached hydrogens (primary N) is 1. The number of nitrogens with zero attached hydrogens (tertiary/aromatic N) is 1. The van der Waals surface area contributed by atoms with Gasteiger partial charge in [-0.1, -0.05) is 29.8 Å². The first kappa shape index (κ1) is 13.2. The highest BCUT2D eigenvalue weighted by atomic mass is 32.1. The second kappa shape index (κ2) is 6.09. The summed E-state index contributed by atoms with van der Waals surface area (Å²) in [7, 11) is 0. The number of rotatable bonds is 5. The van der Waals surface area contributed by atoms with Crippen LogP contribution < -0.4 is 11.3 Å². The van der Waals surface area contributed by atoms with Crippen LogP contribution in [0.2, 0.25) is 0 Å². The number of nitrogens with one attached hydrogen (secondary N) is 1. The molecule has 0 aliphatic rings. The minimum atomic E-state index is 0.234. The van der Waals surface area contributed by atoms with Crippen molar-refractivity contribution in [2.24, 2.45) is 5.84 Å². The van der Waals surface area contributed by atoms with Crippen molar-refractivity contribution in [3.05, 3.63) is 51.5 Å². The van der Waals surface area contributed by atoms with E-state index in [1.54, 1.807) is 11.3 Å². The van der Waals surface area contributed by atoms with Gasteiger partial charge in [-0.3, -0.25) is 11.3 Å². The molecule has 0 aliphatic heterocycles. The molecule has 0 radical (unpaired) electrons. The highest BCUT2D eigenvalue weighted by Gasteiger charge is 2.11. The van der Waals surface area contributed by atoms with Gasteiger partial charge in [0.2, 0.25) is 0 Å². The largest absolute Gasteiger partial charge is 0.271 e. The maximum atomic E-state index is 5.64. The van der Waals surface area contributed by atoms with Gasteiger partial charge in [0, 0.05) is 23.5 Å². The summed E-state index contributed by atoms with van der Waals surface area (Å²) in [6, 6.07) is 8.78. The van der Waals surface area contributed by atoms with Crippen LogP contribution in [0.4, 0.5) is 0 Å². The molecule has 2 aromatic rings. The van der Waals surface area contributed by atoms with E-state index < -0.39 is 0 Å². The van der Waals surface area contributed by atoms with Crippen molar-refractivity contribution in [3.63, 3.8) is 0 Å². The van der Waals surface area contributed by atoms with Crippen LogP contribution >= 0.6 is 11.3 Å². The zero-order valence-electron chi connectivity index (χ0n) is 10.8. The van der Waals surface area contributed by atoms with E-state index in [-0.39, 0.29) is 6.04 Å². The summed E-state index contributed by atoms with van der Waals surface area (Å²) in [5.41, 5.74) is 6.58. The molecule has 1 aromatic heterocycles. The highest BCUT2D eigenvalue weighted by Crippen LogP contribution is 2.14. The summed E-state index contributed by atoms with van der Waals surface area (Å²) < 4.78 is 0. The van der Waals surface area contributed by atoms with Crippen molar-refractivity contribution in [1.29, 1.82) is 0 Å². The lowest BCUT2D eigenvalue weighted by Crippen LogP contribution is -2.38. The molecule has 3 N–H and O–H groups in total. The standard InChI is InChI=1S/C14H19N3S/c1-10-4-3-5-12(6-10)7-13(17-15)8-14-16-11(2)9-18-14/h3-6,9,13,17H,7-8,15H2,1-2H3. The molecule has 0 bridgehead atoms. The number of hydrazine groups is 1. The minimum absolute atomic E-state index is 0.234. The molecule has 96 valence electrons. The molecule has 1 unspecified atom stereocenters. The van der Waals surface area contributed by atoms with E-state index in [0.717, 1.165) is 23.5 Å². The van der Waals surface area contributed by atoms with Gasteiger partial charge in [0.25, 0.3) is 0 Å². The molecule has 0 amide bonds. The predicted molar refractivity (Wildman–Crippen MR) is 76.5 cm³/mol. The lowest BCUT2D eigenvalue weighted by atomic mass is 10.0. The molecule has 0 fully saturated rings. The summed E-state index contributed by atoms with van der Waals surface area (Å²) in [6.45, 7) is 4.13. The van der Waals surface area contributed by atoms with E-state index in [2.05, 4.69) is 47.0 Å². The summed E-state index contributed by atoms with van der Waals surface area (Å²) in [4.78, 5) is 4.48. The van der Waals surface area contributed by atoms with Crippen molar-refractivity contribution in [2.75, 3.05) is 0 Å². The molecule has 4 heteroatoms. The maximum Gasteiger partial charge on any atom is 0.0944 e. The molecule has 1 heterocycles. The zero-order valence-corrected chi connectivity index (χ0v) is 11.6. The van der Waals surface area contributed by atoms with Gasteiger partial charge in [0.05, 0.1) is 5.01 Å². The number of aromatic nitrogens is 1. The molecule has 3 nitrogen and oxygen atoms in total. The SMILES string of the molecule is Cc1cccc(CC(Cc2nc(C)cs2)NN)c1. The number of thiazole rings is 1. The molecule has 0 spiro atoms. The topological polar surface area (TPSA) is 50.9 Å². The minimum Gasteiger partial charge on any atom is -0.271 e. The van der Waals surface area contributed by atoms with E-state index in [9.17, 15) is 0 Å². The quantitative estimate of drug-likeness (QED) is 0.642. The van der Waals surface area contributed by atoms with Crippen LogP contribution in [0.3, 0.4) is 0 Å². The smallest absolute Gasteiger partial charge is 0.0944 e. The van der Waals surface area contributed by atoms with Crippen molar-refractivity contribution in [1.82, 2.24) is 10.4 Å². The number of aryl methyl sites for hydroxylation is 2. The van der Waals surface area contributed by atoms with Crippen LogP contribution in [-0.4, -0.2) is 11.0 Å². The monoisotopic (exact) mass is 261 g/mol. The van der Waals surface area contributed by atoms with Crippen molar-refractivity contribution in [3.8, 4) is 0 Å². The van der Waals surface area contributed by atoms with Gasteiger partial charge in [-0.05, 0) is 25.8 Å². The van der Waals surface area contributed by atoms with Crippen LogP contribution in [0.5, 0.6) is 0 Å². The second-order valence-electron chi connectivity index (χ2n) is 4.64. The third-order valence-corrected chi connectivity index (χ3v) is 3.88. The Hall–Kier alpha value is -1.23. The Morgan fingerprint density at radius 3 is 2.78 bits per heavy atom. The van der Waals surface area contributed by atoms with Gasteiger partial charge in [0.15, 0.2) is 0 Å². The Morgan fingerprint density at radius 2 is 2.17 bits per heavy atom. The Labute approximate surface area is 112 Å². The van der Waals surface area contributed by atoms with Crippen LogP contribution in [0, 0.1) is 13.8 Å². The van der Waals surface area contributed by atoms with Gasteiger partial charge in [-0.2, -0.15) is 0 Å². The maximum absolute atomic E-state index is 5.64. The molecule has 0 aliphatic carbocycles. The van der Waals surface area contributed by atoms with E-state index in [1.165, 1.54) is 11.1 Å². The number of benzene rings is 1. The Morgan fingerprint density at radius 1 is 1.33 bits per heavy atom. The Balaban J connectivity index is 2.01. The molecule has 18 heavy (non-hydrogen) atoms. The number of hydrogen-bond acceptors (Lipinski definition) is 4. The van der Waals surface area contributed by atoms with Crippen LogP contribution in [-0.2, 0) is 12.8 Å². The molecule has 2 rings (SSSR count). The Bertz CT molecular complexity index is 507. The molecule has 0 saturated heterocycles. The van der Waals surface area contributed by atoms with E-state index in [4.69, 9.17) is 5.84 Å². The fourth-order valence-corrected chi connectivity index (χ4v) is 2.87. The molecular formula is C14H19N3S. The van der Waals surface area contributed by atoms with Crippen LogP contribution in [0.15, 0.2) is 29.6 Å². The molecule has 1 atom stereocenters. The third-order valence-electron chi connectivity index (χ3n) is 2.89. The van der Waals surface area contributed by atoms with Crippen molar-refractivity contribution >= 4 is 11.3 Å². The molecule has 0 saturated carbocycles. The zero-order chi connectivity index (χ0) is 13.0. The van der Waals surface area contributed by atoms with Crippen molar-refractivity contribution < 1.29 is 0 Å².